The van der Waals surface area contributed by atoms with E-state index in [0.717, 1.165) is 19.3 Å². The smallest absolute Gasteiger partial charge is 0.289 e. The Bertz CT molecular complexity index is 928. The molecule has 2 atom stereocenters. The van der Waals surface area contributed by atoms with Gasteiger partial charge in [0.15, 0.2) is 0 Å². The zero-order chi connectivity index (χ0) is 23.0. The van der Waals surface area contributed by atoms with E-state index in [1.807, 2.05) is 0 Å². The average Bonchev–Trinajstić information content (AvgIpc) is 3.63. The Morgan fingerprint density at radius 1 is 1.26 bits per heavy atom. The zero-order valence-corrected chi connectivity index (χ0v) is 17.9. The molecule has 1 aromatic carbocycles. The summed E-state index contributed by atoms with van der Waals surface area (Å²) in [5, 5.41) is 7.41. The van der Waals surface area contributed by atoms with Gasteiger partial charge < -0.3 is 16.0 Å². The quantitative estimate of drug-likeness (QED) is 0.498. The van der Waals surface area contributed by atoms with Gasteiger partial charge in [0.1, 0.15) is 0 Å². The second-order valence-electron chi connectivity index (χ2n) is 8.38. The summed E-state index contributed by atoms with van der Waals surface area (Å²) < 4.78 is 26.6. The second kappa shape index (κ2) is 8.53. The molecule has 2 saturated carbocycles. The lowest BCUT2D eigenvalue weighted by molar-refractivity contribution is -0.139. The molecule has 0 radical (unpaired) electrons. The van der Waals surface area contributed by atoms with Crippen LogP contribution in [-0.2, 0) is 14.4 Å². The number of rotatable bonds is 9. The molecule has 3 N–H and O–H groups in total. The van der Waals surface area contributed by atoms with E-state index in [1.54, 1.807) is 0 Å². The van der Waals surface area contributed by atoms with Crippen LogP contribution in [0.25, 0.3) is 0 Å². The Morgan fingerprint density at radius 3 is 2.48 bits per heavy atom. The molecule has 2 fully saturated rings. The number of anilines is 1. The van der Waals surface area contributed by atoms with Gasteiger partial charge in [-0.15, -0.1) is 0 Å². The molecule has 0 heterocycles. The molecule has 0 bridgehead atoms. The number of alkyl halides is 2. The van der Waals surface area contributed by atoms with Gasteiger partial charge in [-0.05, 0) is 56.2 Å². The van der Waals surface area contributed by atoms with Gasteiger partial charge in [0.2, 0.25) is 17.6 Å². The van der Waals surface area contributed by atoms with Crippen LogP contribution in [0.15, 0.2) is 18.2 Å². The summed E-state index contributed by atoms with van der Waals surface area (Å²) in [5.41, 5.74) is 0.292. The van der Waals surface area contributed by atoms with Gasteiger partial charge >= 0.3 is 0 Å². The number of carbonyl (C=O) groups is 4. The molecule has 1 spiro atoms. The van der Waals surface area contributed by atoms with Crippen LogP contribution < -0.4 is 16.0 Å². The lowest BCUT2D eigenvalue weighted by Crippen LogP contribution is -2.47. The minimum absolute atomic E-state index is 0.0238. The first-order valence-corrected chi connectivity index (χ1v) is 10.4. The summed E-state index contributed by atoms with van der Waals surface area (Å²) in [4.78, 5) is 49.4. The number of hydrogen-bond acceptors (Lipinski definition) is 4. The topological polar surface area (TPSA) is 104 Å². The number of amides is 3. The lowest BCUT2D eigenvalue weighted by atomic mass is 10.0. The number of halogens is 3. The van der Waals surface area contributed by atoms with Gasteiger partial charge in [0, 0.05) is 24.4 Å². The highest BCUT2D eigenvalue weighted by atomic mass is 35.5. The van der Waals surface area contributed by atoms with Gasteiger partial charge in [-0.1, -0.05) is 11.6 Å². The maximum atomic E-state index is 13.3. The Hall–Kier alpha value is -2.55. The Kier molecular flexibility index (Phi) is 6.36. The molecule has 0 saturated heterocycles. The van der Waals surface area contributed by atoms with Crippen molar-refractivity contribution in [2.75, 3.05) is 12.4 Å². The van der Waals surface area contributed by atoms with Gasteiger partial charge in [0.05, 0.1) is 17.3 Å². The van der Waals surface area contributed by atoms with Crippen LogP contribution in [0, 0.1) is 11.3 Å². The highest BCUT2D eigenvalue weighted by Crippen LogP contribution is 2.70. The minimum atomic E-state index is -3.08. The molecular formula is C21H24ClF2N3O4. The van der Waals surface area contributed by atoms with Crippen LogP contribution in [0.1, 0.15) is 49.4 Å². The predicted molar refractivity (Wildman–Crippen MR) is 110 cm³/mol. The molecule has 0 aliphatic heterocycles. The van der Waals surface area contributed by atoms with Crippen LogP contribution in [0.5, 0.6) is 0 Å². The van der Waals surface area contributed by atoms with Gasteiger partial charge in [-0.3, -0.25) is 19.2 Å². The van der Waals surface area contributed by atoms with Crippen LogP contribution in [-0.4, -0.2) is 42.5 Å². The van der Waals surface area contributed by atoms with Crippen molar-refractivity contribution in [3.8, 4) is 0 Å². The third kappa shape index (κ3) is 5.58. The van der Waals surface area contributed by atoms with Crippen molar-refractivity contribution < 1.29 is 28.0 Å². The first-order chi connectivity index (χ1) is 14.5. The second-order valence-corrected chi connectivity index (χ2v) is 8.81. The van der Waals surface area contributed by atoms with Crippen molar-refractivity contribution in [2.24, 2.45) is 11.3 Å². The van der Waals surface area contributed by atoms with Crippen molar-refractivity contribution in [3.63, 3.8) is 0 Å². The average molecular weight is 456 g/mol. The zero-order valence-electron chi connectivity index (χ0n) is 17.2. The molecule has 31 heavy (non-hydrogen) atoms. The summed E-state index contributed by atoms with van der Waals surface area (Å²) in [7, 11) is 1.22. The number of hydrogen-bond donors (Lipinski definition) is 3. The molecule has 0 aromatic heterocycles. The first kappa shape index (κ1) is 23.1. The molecule has 0 unspecified atom stereocenters. The van der Waals surface area contributed by atoms with Crippen LogP contribution in [0.3, 0.4) is 0 Å². The van der Waals surface area contributed by atoms with E-state index >= 15 is 0 Å². The van der Waals surface area contributed by atoms with Crippen molar-refractivity contribution in [2.45, 2.75) is 51.0 Å². The van der Waals surface area contributed by atoms with E-state index in [1.165, 1.54) is 25.2 Å². The maximum absolute atomic E-state index is 13.3. The molecule has 1 aromatic rings. The molecule has 168 valence electrons. The number of carbonyl (C=O) groups excluding carboxylic acids is 4. The van der Waals surface area contributed by atoms with Crippen LogP contribution >= 0.6 is 11.6 Å². The fourth-order valence-corrected chi connectivity index (χ4v) is 3.82. The van der Waals surface area contributed by atoms with E-state index in [-0.39, 0.29) is 33.5 Å². The summed E-state index contributed by atoms with van der Waals surface area (Å²) >= 11 is 6.00. The standard InChI is InChI=1S/C21H24ClF2N3O4/c1-20(23,24)6-5-15(16(28)19(31)25-2)27-17(29)12-9-11(22)3-4-14(12)26-18(30)13-10-21(13)7-8-21/h3-4,9,13,15H,5-8,10H2,1-2H3,(H,25,31)(H,26,30)(H,27,29)/t13-,15+/m1/s1. The summed E-state index contributed by atoms with van der Waals surface area (Å²) in [6.45, 7) is 0.686. The molecule has 3 rings (SSSR count). The number of Topliss-reactive ketones (excluding diaryl/α,β-unsaturated/α-hetero) is 1. The Morgan fingerprint density at radius 2 is 1.94 bits per heavy atom. The highest BCUT2D eigenvalue weighted by Gasteiger charge is 2.65. The maximum Gasteiger partial charge on any atom is 0.289 e. The molecule has 3 amide bonds. The fourth-order valence-electron chi connectivity index (χ4n) is 3.65. The largest absolute Gasteiger partial charge is 0.353 e. The fraction of sp³-hybridized carbons (Fsp3) is 0.524. The van der Waals surface area contributed by atoms with E-state index < -0.39 is 42.4 Å². The Labute approximate surface area is 183 Å². The van der Waals surface area contributed by atoms with Gasteiger partial charge in [-0.25, -0.2) is 8.78 Å². The van der Waals surface area contributed by atoms with Crippen molar-refractivity contribution in [1.82, 2.24) is 10.6 Å². The van der Waals surface area contributed by atoms with Gasteiger partial charge in [0.25, 0.3) is 11.8 Å². The monoisotopic (exact) mass is 455 g/mol. The number of likely N-dealkylation sites (N-methyl/N-ethyl adjacent to an activating group) is 1. The minimum Gasteiger partial charge on any atom is -0.353 e. The molecule has 10 heteroatoms. The summed E-state index contributed by atoms with van der Waals surface area (Å²) in [5.74, 6) is -6.22. The van der Waals surface area contributed by atoms with Crippen molar-refractivity contribution >= 4 is 40.8 Å². The van der Waals surface area contributed by atoms with Crippen molar-refractivity contribution in [1.29, 1.82) is 0 Å². The number of ketones is 1. The number of benzene rings is 1. The number of nitrogens with one attached hydrogen (secondary N) is 3. The van der Waals surface area contributed by atoms with Crippen LogP contribution in [0.4, 0.5) is 14.5 Å². The molecule has 7 nitrogen and oxygen atoms in total. The predicted octanol–water partition coefficient (Wildman–Crippen LogP) is 2.93. The van der Waals surface area contributed by atoms with E-state index in [0.29, 0.717) is 6.92 Å². The lowest BCUT2D eigenvalue weighted by Gasteiger charge is -2.20. The summed E-state index contributed by atoms with van der Waals surface area (Å²) in [6.07, 6.45) is 1.72. The van der Waals surface area contributed by atoms with E-state index in [2.05, 4.69) is 16.0 Å². The van der Waals surface area contributed by atoms with Crippen molar-refractivity contribution in [3.05, 3.63) is 28.8 Å². The molecule has 2 aliphatic rings. The van der Waals surface area contributed by atoms with Gasteiger partial charge in [-0.2, -0.15) is 0 Å². The molecular weight excluding hydrogens is 432 g/mol. The Balaban J connectivity index is 1.76. The normalized spacial score (nSPS) is 19.3. The third-order valence-electron chi connectivity index (χ3n) is 5.83. The van der Waals surface area contributed by atoms with Crippen LogP contribution in [0.2, 0.25) is 5.02 Å². The SMILES string of the molecule is CNC(=O)C(=O)[C@H](CCC(C)(F)F)NC(=O)c1cc(Cl)ccc1NC(=O)[C@H]1CC12CC2. The third-order valence-corrected chi connectivity index (χ3v) is 6.06. The van der Waals surface area contributed by atoms with E-state index in [9.17, 15) is 28.0 Å². The summed E-state index contributed by atoms with van der Waals surface area (Å²) in [6, 6.07) is 2.81. The highest BCUT2D eigenvalue weighted by molar-refractivity contribution is 6.38. The first-order valence-electron chi connectivity index (χ1n) is 10.0. The molecule has 2 aliphatic carbocycles. The van der Waals surface area contributed by atoms with E-state index in [4.69, 9.17) is 11.6 Å².